The third-order valence-electron chi connectivity index (χ3n) is 4.05. The van der Waals surface area contributed by atoms with E-state index in [1.54, 1.807) is 30.6 Å². The number of carbonyl (C=O) groups excluding carboxylic acids is 1. The minimum Gasteiger partial charge on any atom is -0.396 e. The van der Waals surface area contributed by atoms with Crippen LogP contribution in [0.5, 0.6) is 0 Å². The minimum absolute atomic E-state index is 0.0365. The van der Waals surface area contributed by atoms with Gasteiger partial charge in [-0.25, -0.2) is 15.0 Å². The molecule has 4 rings (SSSR count). The van der Waals surface area contributed by atoms with Gasteiger partial charge >= 0.3 is 0 Å². The maximum absolute atomic E-state index is 11.5. The Morgan fingerprint density at radius 1 is 1.23 bits per heavy atom. The van der Waals surface area contributed by atoms with Gasteiger partial charge in [0.05, 0.1) is 17.5 Å². The number of hydrogen-bond donors (Lipinski definition) is 3. The number of aliphatic hydroxyl groups is 1. The van der Waals surface area contributed by atoms with E-state index in [-0.39, 0.29) is 18.1 Å². The first-order chi connectivity index (χ1) is 15.0. The van der Waals surface area contributed by atoms with Gasteiger partial charge in [0.15, 0.2) is 11.5 Å². The van der Waals surface area contributed by atoms with Crippen molar-refractivity contribution in [2.45, 2.75) is 19.8 Å². The number of pyridine rings is 2. The summed E-state index contributed by atoms with van der Waals surface area (Å²) in [6.07, 6.45) is 6.86. The number of carbonyl (C=O) groups is 1. The highest BCUT2D eigenvalue weighted by molar-refractivity contribution is 6.32. The molecule has 0 spiro atoms. The smallest absolute Gasteiger partial charge is 0.261 e. The van der Waals surface area contributed by atoms with Crippen LogP contribution in [-0.4, -0.2) is 47.3 Å². The Balaban J connectivity index is 0.000000180. The monoisotopic (exact) mass is 441 g/mol. The molecule has 0 aliphatic rings. The zero-order chi connectivity index (χ0) is 22.2. The summed E-state index contributed by atoms with van der Waals surface area (Å²) in [7, 11) is 0. The number of nitrogens with one attached hydrogen (secondary N) is 2. The number of hydrogen-bond acceptors (Lipinski definition) is 7. The number of amides is 1. The van der Waals surface area contributed by atoms with Crippen LogP contribution in [0.15, 0.2) is 54.0 Å². The third kappa shape index (κ3) is 5.71. The highest BCUT2D eigenvalue weighted by Gasteiger charge is 2.11. The summed E-state index contributed by atoms with van der Waals surface area (Å²) >= 11 is 6.02. The second-order valence-electron chi connectivity index (χ2n) is 6.43. The van der Waals surface area contributed by atoms with Gasteiger partial charge in [-0.15, -0.1) is 0 Å². The summed E-state index contributed by atoms with van der Waals surface area (Å²) < 4.78 is 1.44. The van der Waals surface area contributed by atoms with Crippen molar-refractivity contribution in [2.75, 3.05) is 11.9 Å². The van der Waals surface area contributed by atoms with Crippen molar-refractivity contribution in [3.63, 3.8) is 0 Å². The molecule has 0 aliphatic heterocycles. The van der Waals surface area contributed by atoms with Gasteiger partial charge in [-0.05, 0) is 37.1 Å². The third-order valence-corrected chi connectivity index (χ3v) is 4.35. The van der Waals surface area contributed by atoms with E-state index in [2.05, 4.69) is 30.4 Å². The normalized spacial score (nSPS) is 10.4. The average Bonchev–Trinajstić information content (AvgIpc) is 3.20. The fourth-order valence-electron chi connectivity index (χ4n) is 2.53. The maximum atomic E-state index is 11.5. The number of aryl methyl sites for hydroxylation is 1. The molecule has 0 bridgehead atoms. The molecule has 0 atom stereocenters. The van der Waals surface area contributed by atoms with Crippen LogP contribution in [0.3, 0.4) is 0 Å². The molecule has 4 aromatic heterocycles. The lowest BCUT2D eigenvalue weighted by Gasteiger charge is -2.03. The molecule has 0 fully saturated rings. The highest BCUT2D eigenvalue weighted by atomic mass is 35.5. The first kappa shape index (κ1) is 22.1. The van der Waals surface area contributed by atoms with Gasteiger partial charge in [0.25, 0.3) is 5.56 Å². The number of nitrogens with zero attached hydrogens (tertiary/aromatic N) is 5. The van der Waals surface area contributed by atoms with Gasteiger partial charge in [-0.1, -0.05) is 17.7 Å². The standard InChI is InChI=1S/C10H6ClN5O.C10H14N2O2/c11-7-2-1-3-12-9(7)16-8-6(4-15-16)10(17)14-5-13-8;1-8-4-5-9(11-7-8)12-10(14)3-2-6-13/h1-5H,(H,13,14,17);4-5,7,13H,2-3,6H2,1H3,(H,11,12,14). The molecule has 0 unspecified atom stereocenters. The van der Waals surface area contributed by atoms with Crippen LogP contribution in [0.2, 0.25) is 5.02 Å². The Hall–Kier alpha value is -3.63. The number of aliphatic hydroxyl groups excluding tert-OH is 1. The second-order valence-corrected chi connectivity index (χ2v) is 6.84. The molecule has 0 saturated carbocycles. The first-order valence-corrected chi connectivity index (χ1v) is 9.73. The lowest BCUT2D eigenvalue weighted by molar-refractivity contribution is -0.116. The number of halogens is 1. The SMILES string of the molecule is Cc1ccc(NC(=O)CCCO)nc1.O=c1[nH]cnc2c1cnn2-c1ncccc1Cl. The van der Waals surface area contributed by atoms with E-state index in [1.165, 1.54) is 17.2 Å². The molecule has 160 valence electrons. The van der Waals surface area contributed by atoms with E-state index >= 15 is 0 Å². The Kier molecular flexibility index (Phi) is 7.41. The quantitative estimate of drug-likeness (QED) is 0.431. The topological polar surface area (TPSA) is 139 Å². The number of H-pyrrole nitrogens is 1. The van der Waals surface area contributed by atoms with E-state index in [0.29, 0.717) is 40.5 Å². The predicted molar refractivity (Wildman–Crippen MR) is 116 cm³/mol. The first-order valence-electron chi connectivity index (χ1n) is 9.35. The van der Waals surface area contributed by atoms with Crippen molar-refractivity contribution in [3.8, 4) is 5.82 Å². The van der Waals surface area contributed by atoms with Crippen LogP contribution in [-0.2, 0) is 4.79 Å². The summed E-state index contributed by atoms with van der Waals surface area (Å²) in [6.45, 7) is 1.97. The summed E-state index contributed by atoms with van der Waals surface area (Å²) in [5.74, 6) is 0.885. The van der Waals surface area contributed by atoms with E-state index in [9.17, 15) is 9.59 Å². The van der Waals surface area contributed by atoms with Gasteiger partial charge in [-0.2, -0.15) is 9.78 Å². The molecule has 1 amide bonds. The molecule has 4 heterocycles. The summed E-state index contributed by atoms with van der Waals surface area (Å²) in [4.78, 5) is 37.4. The largest absolute Gasteiger partial charge is 0.396 e. The molecule has 0 saturated heterocycles. The molecule has 31 heavy (non-hydrogen) atoms. The van der Waals surface area contributed by atoms with Crippen molar-refractivity contribution in [1.82, 2.24) is 29.7 Å². The van der Waals surface area contributed by atoms with Crippen LogP contribution in [0.1, 0.15) is 18.4 Å². The zero-order valence-corrected chi connectivity index (χ0v) is 17.4. The van der Waals surface area contributed by atoms with E-state index in [4.69, 9.17) is 16.7 Å². The van der Waals surface area contributed by atoms with Crippen molar-refractivity contribution in [2.24, 2.45) is 0 Å². The van der Waals surface area contributed by atoms with Crippen molar-refractivity contribution >= 4 is 34.4 Å². The maximum Gasteiger partial charge on any atom is 0.261 e. The minimum atomic E-state index is -0.242. The number of aromatic nitrogens is 6. The van der Waals surface area contributed by atoms with E-state index in [1.807, 2.05) is 13.0 Å². The Bertz CT molecular complexity index is 1220. The van der Waals surface area contributed by atoms with Gasteiger partial charge < -0.3 is 15.4 Å². The van der Waals surface area contributed by atoms with Gasteiger partial charge in [-0.3, -0.25) is 9.59 Å². The highest BCUT2D eigenvalue weighted by Crippen LogP contribution is 2.19. The number of fused-ring (bicyclic) bond motifs is 1. The zero-order valence-electron chi connectivity index (χ0n) is 16.6. The molecule has 4 aromatic rings. The fraction of sp³-hybridized carbons (Fsp3) is 0.200. The average molecular weight is 442 g/mol. The van der Waals surface area contributed by atoms with E-state index < -0.39 is 0 Å². The lowest BCUT2D eigenvalue weighted by atomic mass is 10.3. The lowest BCUT2D eigenvalue weighted by Crippen LogP contribution is -2.12. The van der Waals surface area contributed by atoms with Gasteiger partial charge in [0.1, 0.15) is 11.2 Å². The number of rotatable bonds is 5. The molecule has 11 heteroatoms. The predicted octanol–water partition coefficient (Wildman–Crippen LogP) is 2.26. The number of aromatic amines is 1. The Labute approximate surface area is 182 Å². The van der Waals surface area contributed by atoms with Crippen LogP contribution < -0.4 is 10.9 Å². The molecule has 0 aliphatic carbocycles. The Morgan fingerprint density at radius 2 is 2.06 bits per heavy atom. The van der Waals surface area contributed by atoms with E-state index in [0.717, 1.165) is 5.56 Å². The summed E-state index contributed by atoms with van der Waals surface area (Å²) in [6, 6.07) is 7.06. The molecule has 0 aromatic carbocycles. The van der Waals surface area contributed by atoms with Crippen LogP contribution in [0.4, 0.5) is 5.82 Å². The van der Waals surface area contributed by atoms with Crippen LogP contribution in [0, 0.1) is 6.92 Å². The molecule has 10 nitrogen and oxygen atoms in total. The van der Waals surface area contributed by atoms with Crippen LogP contribution >= 0.6 is 11.6 Å². The molecular weight excluding hydrogens is 422 g/mol. The molecule has 0 radical (unpaired) electrons. The summed E-state index contributed by atoms with van der Waals surface area (Å²) in [5.41, 5.74) is 1.24. The van der Waals surface area contributed by atoms with Crippen molar-refractivity contribution < 1.29 is 9.90 Å². The molecule has 3 N–H and O–H groups in total. The van der Waals surface area contributed by atoms with Crippen molar-refractivity contribution in [1.29, 1.82) is 0 Å². The van der Waals surface area contributed by atoms with Crippen molar-refractivity contribution in [3.05, 3.63) is 70.1 Å². The number of anilines is 1. The van der Waals surface area contributed by atoms with Gasteiger partial charge in [0, 0.05) is 25.4 Å². The van der Waals surface area contributed by atoms with Crippen LogP contribution in [0.25, 0.3) is 16.9 Å². The fourth-order valence-corrected chi connectivity index (χ4v) is 2.73. The second kappa shape index (κ2) is 10.4. The molecular formula is C20H20ClN7O3. The van der Waals surface area contributed by atoms with Gasteiger partial charge in [0.2, 0.25) is 5.91 Å². The Morgan fingerprint density at radius 3 is 2.77 bits per heavy atom. The summed E-state index contributed by atoms with van der Waals surface area (Å²) in [5, 5.41) is 16.1.